The van der Waals surface area contributed by atoms with Gasteiger partial charge in [-0.2, -0.15) is 0 Å². The highest BCUT2D eigenvalue weighted by Gasteiger charge is 2.29. The molecule has 0 aliphatic carbocycles. The summed E-state index contributed by atoms with van der Waals surface area (Å²) in [6.45, 7) is 8.98. The number of halogens is 1. The van der Waals surface area contributed by atoms with Crippen molar-refractivity contribution in [3.8, 4) is 0 Å². The van der Waals surface area contributed by atoms with Gasteiger partial charge in [-0.1, -0.05) is 13.8 Å². The summed E-state index contributed by atoms with van der Waals surface area (Å²) in [5.74, 6) is 0.283. The number of carbonyl (C=O) groups excluding carboxylic acids is 2. The Hall–Kier alpha value is -0.810. The van der Waals surface area contributed by atoms with Crippen LogP contribution in [-0.2, 0) is 9.59 Å². The Bertz CT molecular complexity index is 343. The van der Waals surface area contributed by atoms with Crippen molar-refractivity contribution in [3.05, 3.63) is 0 Å². The number of likely N-dealkylation sites (tertiary alicyclic amines) is 1. The van der Waals surface area contributed by atoms with Crippen LogP contribution in [0.1, 0.15) is 53.4 Å². The van der Waals surface area contributed by atoms with Crippen molar-refractivity contribution in [1.29, 1.82) is 0 Å². The Labute approximate surface area is 134 Å². The van der Waals surface area contributed by atoms with Gasteiger partial charge in [0.1, 0.15) is 0 Å². The molecule has 0 radical (unpaired) electrons. The van der Waals surface area contributed by atoms with Crippen LogP contribution in [0.5, 0.6) is 0 Å². The van der Waals surface area contributed by atoms with E-state index in [9.17, 15) is 9.59 Å². The Kier molecular flexibility index (Phi) is 8.26. The van der Waals surface area contributed by atoms with Gasteiger partial charge in [-0.3, -0.25) is 9.59 Å². The van der Waals surface area contributed by atoms with Crippen molar-refractivity contribution >= 4 is 24.2 Å². The highest BCUT2D eigenvalue weighted by Crippen LogP contribution is 2.17. The number of hydrogen-bond donors (Lipinski definition) is 2. The zero-order valence-corrected chi connectivity index (χ0v) is 14.5. The molecule has 1 aliphatic heterocycles. The van der Waals surface area contributed by atoms with E-state index in [1.54, 1.807) is 13.8 Å². The van der Waals surface area contributed by atoms with E-state index in [0.717, 1.165) is 38.8 Å². The minimum atomic E-state index is -0.845. The maximum atomic E-state index is 12.3. The van der Waals surface area contributed by atoms with Gasteiger partial charge < -0.3 is 16.0 Å². The van der Waals surface area contributed by atoms with Gasteiger partial charge in [0.15, 0.2) is 0 Å². The Morgan fingerprint density at radius 3 is 2.10 bits per heavy atom. The Morgan fingerprint density at radius 2 is 1.71 bits per heavy atom. The average molecular weight is 320 g/mol. The monoisotopic (exact) mass is 319 g/mol. The minimum Gasteiger partial charge on any atom is -0.352 e. The Balaban J connectivity index is 0.00000400. The molecular weight excluding hydrogens is 290 g/mol. The molecule has 5 nitrogen and oxygen atoms in total. The fraction of sp³-hybridized carbons (Fsp3) is 0.867. The lowest BCUT2D eigenvalue weighted by atomic mass is 9.97. The molecule has 0 bridgehead atoms. The van der Waals surface area contributed by atoms with Gasteiger partial charge in [0.2, 0.25) is 11.8 Å². The van der Waals surface area contributed by atoms with Gasteiger partial charge >= 0.3 is 0 Å². The van der Waals surface area contributed by atoms with Crippen LogP contribution in [0, 0.1) is 5.92 Å². The molecule has 0 spiro atoms. The summed E-state index contributed by atoms with van der Waals surface area (Å²) >= 11 is 0. The van der Waals surface area contributed by atoms with E-state index in [4.69, 9.17) is 5.73 Å². The first kappa shape index (κ1) is 20.2. The van der Waals surface area contributed by atoms with Crippen molar-refractivity contribution in [1.82, 2.24) is 10.2 Å². The third-order valence-electron chi connectivity index (χ3n) is 4.06. The molecule has 0 aromatic rings. The summed E-state index contributed by atoms with van der Waals surface area (Å²) in [6.07, 6.45) is 3.42. The molecule has 1 aliphatic rings. The fourth-order valence-corrected chi connectivity index (χ4v) is 2.51. The lowest BCUT2D eigenvalue weighted by Gasteiger charge is -2.35. The molecule has 1 saturated heterocycles. The normalized spacial score (nSPS) is 16.6. The van der Waals surface area contributed by atoms with Gasteiger partial charge in [0, 0.05) is 25.0 Å². The van der Waals surface area contributed by atoms with E-state index >= 15 is 0 Å². The Morgan fingerprint density at radius 1 is 1.24 bits per heavy atom. The molecule has 1 rings (SSSR count). The highest BCUT2D eigenvalue weighted by atomic mass is 35.5. The predicted octanol–water partition coefficient (Wildman–Crippen LogP) is 1.69. The first-order chi connectivity index (χ1) is 9.29. The van der Waals surface area contributed by atoms with Crippen molar-refractivity contribution in [2.45, 2.75) is 65.0 Å². The lowest BCUT2D eigenvalue weighted by Crippen LogP contribution is -2.55. The van der Waals surface area contributed by atoms with Gasteiger partial charge in [-0.15, -0.1) is 12.4 Å². The number of nitrogens with one attached hydrogen (secondary N) is 1. The van der Waals surface area contributed by atoms with Crippen LogP contribution in [0.4, 0.5) is 0 Å². The second-order valence-corrected chi connectivity index (χ2v) is 6.31. The van der Waals surface area contributed by atoms with Crippen LogP contribution < -0.4 is 11.1 Å². The van der Waals surface area contributed by atoms with Crippen molar-refractivity contribution < 1.29 is 9.59 Å². The van der Waals surface area contributed by atoms with Crippen LogP contribution in [0.2, 0.25) is 0 Å². The number of nitrogens with two attached hydrogens (primary N) is 1. The number of amides is 2. The zero-order chi connectivity index (χ0) is 15.3. The quantitative estimate of drug-likeness (QED) is 0.809. The molecule has 0 atom stereocenters. The summed E-state index contributed by atoms with van der Waals surface area (Å²) in [7, 11) is 0. The smallest absolute Gasteiger partial charge is 0.239 e. The molecule has 6 heteroatoms. The maximum Gasteiger partial charge on any atom is 0.239 e. The van der Waals surface area contributed by atoms with Gasteiger partial charge in [-0.05, 0) is 39.5 Å². The molecule has 124 valence electrons. The predicted molar refractivity (Wildman–Crippen MR) is 87.3 cm³/mol. The second-order valence-electron chi connectivity index (χ2n) is 6.31. The summed E-state index contributed by atoms with van der Waals surface area (Å²) in [5.41, 5.74) is 4.93. The van der Waals surface area contributed by atoms with Crippen LogP contribution in [0.3, 0.4) is 0 Å². The molecule has 0 saturated carbocycles. The SMILES string of the molecule is CCC(CC)C(=O)N1CCC(NC(=O)C(C)(C)N)CC1.Cl. The third kappa shape index (κ3) is 5.83. The van der Waals surface area contributed by atoms with E-state index < -0.39 is 5.54 Å². The van der Waals surface area contributed by atoms with Crippen LogP contribution in [0.15, 0.2) is 0 Å². The summed E-state index contributed by atoms with van der Waals surface area (Å²) in [6, 6.07) is 0.135. The number of piperidine rings is 1. The molecule has 0 aromatic heterocycles. The molecule has 1 heterocycles. The average Bonchev–Trinajstić information content (AvgIpc) is 2.39. The van der Waals surface area contributed by atoms with Gasteiger partial charge in [0.05, 0.1) is 5.54 Å². The lowest BCUT2D eigenvalue weighted by molar-refractivity contribution is -0.137. The van der Waals surface area contributed by atoms with Crippen molar-refractivity contribution in [3.63, 3.8) is 0 Å². The molecule has 1 fully saturated rings. The number of nitrogens with zero attached hydrogens (tertiary/aromatic N) is 1. The molecule has 0 aromatic carbocycles. The topological polar surface area (TPSA) is 75.4 Å². The number of carbonyl (C=O) groups is 2. The van der Waals surface area contributed by atoms with Gasteiger partial charge in [0.25, 0.3) is 0 Å². The van der Waals surface area contributed by atoms with E-state index in [1.807, 2.05) is 4.90 Å². The summed E-state index contributed by atoms with van der Waals surface area (Å²) in [5, 5.41) is 2.97. The zero-order valence-electron chi connectivity index (χ0n) is 13.6. The van der Waals surface area contributed by atoms with Gasteiger partial charge in [-0.25, -0.2) is 0 Å². The summed E-state index contributed by atoms with van der Waals surface area (Å²) in [4.78, 5) is 26.0. The first-order valence-corrected chi connectivity index (χ1v) is 7.68. The highest BCUT2D eigenvalue weighted by molar-refractivity contribution is 5.85. The number of rotatable bonds is 5. The molecule has 3 N–H and O–H groups in total. The second kappa shape index (κ2) is 8.59. The van der Waals surface area contributed by atoms with E-state index in [-0.39, 0.29) is 36.2 Å². The van der Waals surface area contributed by atoms with Crippen molar-refractivity contribution in [2.24, 2.45) is 11.7 Å². The molecular formula is C15H30ClN3O2. The fourth-order valence-electron chi connectivity index (χ4n) is 2.51. The first-order valence-electron chi connectivity index (χ1n) is 7.68. The molecule has 21 heavy (non-hydrogen) atoms. The van der Waals surface area contributed by atoms with E-state index in [2.05, 4.69) is 19.2 Å². The minimum absolute atomic E-state index is 0. The number of hydrogen-bond acceptors (Lipinski definition) is 3. The largest absolute Gasteiger partial charge is 0.352 e. The van der Waals surface area contributed by atoms with E-state index in [1.165, 1.54) is 0 Å². The molecule has 2 amide bonds. The maximum absolute atomic E-state index is 12.3. The standard InChI is InChI=1S/C15H29N3O2.ClH/c1-5-11(6-2)13(19)18-9-7-12(8-10-18)17-14(20)15(3,4)16;/h11-12H,5-10,16H2,1-4H3,(H,17,20);1H. The van der Waals surface area contributed by atoms with Crippen molar-refractivity contribution in [2.75, 3.05) is 13.1 Å². The molecule has 0 unspecified atom stereocenters. The van der Waals surface area contributed by atoms with E-state index in [0.29, 0.717) is 0 Å². The van der Waals surface area contributed by atoms with Crippen LogP contribution >= 0.6 is 12.4 Å². The summed E-state index contributed by atoms with van der Waals surface area (Å²) < 4.78 is 0. The van der Waals surface area contributed by atoms with Crippen LogP contribution in [0.25, 0.3) is 0 Å². The third-order valence-corrected chi connectivity index (χ3v) is 4.06. The van der Waals surface area contributed by atoms with Crippen LogP contribution in [-0.4, -0.2) is 41.4 Å².